The highest BCUT2D eigenvalue weighted by atomic mass is 32.2. The van der Waals surface area contributed by atoms with Crippen molar-refractivity contribution in [2.45, 2.75) is 37.5 Å². The van der Waals surface area contributed by atoms with E-state index in [1.54, 1.807) is 31.2 Å². The molecule has 6 nitrogen and oxygen atoms in total. The second-order valence-electron chi connectivity index (χ2n) is 6.34. The van der Waals surface area contributed by atoms with Gasteiger partial charge < -0.3 is 10.4 Å². The Balaban J connectivity index is 2.13. The van der Waals surface area contributed by atoms with Crippen molar-refractivity contribution in [3.8, 4) is 0 Å². The smallest absolute Gasteiger partial charge is 0.310 e. The summed E-state index contributed by atoms with van der Waals surface area (Å²) in [6.45, 7) is 3.50. The molecule has 0 aliphatic carbocycles. The number of amides is 1. The van der Waals surface area contributed by atoms with Gasteiger partial charge >= 0.3 is 5.97 Å². The lowest BCUT2D eigenvalue weighted by Gasteiger charge is -2.10. The second kappa shape index (κ2) is 8.81. The molecule has 0 fully saturated rings. The number of nitrogens with one attached hydrogen (secondary N) is 1. The van der Waals surface area contributed by atoms with Crippen molar-refractivity contribution in [2.75, 3.05) is 11.1 Å². The summed E-state index contributed by atoms with van der Waals surface area (Å²) in [4.78, 5) is 23.7. The number of hydrogen-bond donors (Lipinski definition) is 2. The van der Waals surface area contributed by atoms with Crippen LogP contribution >= 0.6 is 0 Å². The lowest BCUT2D eigenvalue weighted by Crippen LogP contribution is -2.13. The highest BCUT2D eigenvalue weighted by Gasteiger charge is 2.16. The number of carboxylic acids is 1. The molecule has 0 radical (unpaired) electrons. The molecule has 2 N–H and O–H groups in total. The van der Waals surface area contributed by atoms with Crippen LogP contribution in [0.25, 0.3) is 0 Å². The third kappa shape index (κ3) is 5.40. The summed E-state index contributed by atoms with van der Waals surface area (Å²) in [5.74, 6) is -1.94. The van der Waals surface area contributed by atoms with Crippen molar-refractivity contribution < 1.29 is 23.1 Å². The van der Waals surface area contributed by atoms with Crippen LogP contribution in [0.1, 0.15) is 48.5 Å². The van der Waals surface area contributed by atoms with Gasteiger partial charge in [0.15, 0.2) is 9.84 Å². The van der Waals surface area contributed by atoms with E-state index in [0.717, 1.165) is 6.42 Å². The van der Waals surface area contributed by atoms with Gasteiger partial charge in [-0.25, -0.2) is 8.42 Å². The molecule has 0 saturated heterocycles. The number of anilines is 1. The molecule has 0 saturated carbocycles. The maximum atomic E-state index is 12.4. The summed E-state index contributed by atoms with van der Waals surface area (Å²) < 4.78 is 24.3. The highest BCUT2D eigenvalue weighted by Crippen LogP contribution is 2.20. The predicted molar refractivity (Wildman–Crippen MR) is 104 cm³/mol. The Labute approximate surface area is 159 Å². The summed E-state index contributed by atoms with van der Waals surface area (Å²) in [6.07, 6.45) is 1.38. The molecule has 0 bridgehead atoms. The van der Waals surface area contributed by atoms with Crippen LogP contribution < -0.4 is 5.32 Å². The number of hydrogen-bond acceptors (Lipinski definition) is 4. The number of benzene rings is 2. The Kier molecular flexibility index (Phi) is 6.74. The van der Waals surface area contributed by atoms with Gasteiger partial charge in [-0.1, -0.05) is 25.5 Å². The summed E-state index contributed by atoms with van der Waals surface area (Å²) in [7, 11) is -3.33. The van der Waals surface area contributed by atoms with E-state index >= 15 is 0 Å². The molecule has 0 aliphatic heterocycles. The van der Waals surface area contributed by atoms with Crippen LogP contribution in [0.4, 0.5) is 5.69 Å². The number of rotatable bonds is 8. The lowest BCUT2D eigenvalue weighted by molar-refractivity contribution is -0.138. The molecule has 0 aliphatic rings. The number of sulfone groups is 1. The molecule has 1 atom stereocenters. The quantitative estimate of drug-likeness (QED) is 0.717. The lowest BCUT2D eigenvalue weighted by atomic mass is 10.0. The third-order valence-electron chi connectivity index (χ3n) is 4.26. The maximum Gasteiger partial charge on any atom is 0.310 e. The average molecular weight is 389 g/mol. The van der Waals surface area contributed by atoms with Gasteiger partial charge in [0.25, 0.3) is 5.91 Å². The fraction of sp³-hybridized carbons (Fsp3) is 0.300. The number of unbranched alkanes of at least 4 members (excludes halogenated alkanes) is 1. The van der Waals surface area contributed by atoms with Crippen LogP contribution in [0.2, 0.25) is 0 Å². The van der Waals surface area contributed by atoms with Crippen LogP contribution in [-0.2, 0) is 14.6 Å². The van der Waals surface area contributed by atoms with Gasteiger partial charge in [0.1, 0.15) is 0 Å². The topological polar surface area (TPSA) is 101 Å². The van der Waals surface area contributed by atoms with Gasteiger partial charge in [0.05, 0.1) is 16.6 Å². The van der Waals surface area contributed by atoms with E-state index < -0.39 is 27.6 Å². The molecular formula is C20H23NO5S. The predicted octanol–water partition coefficient (Wildman–Crippen LogP) is 3.70. The molecule has 2 aromatic rings. The first-order chi connectivity index (χ1) is 12.7. The largest absolute Gasteiger partial charge is 0.481 e. The van der Waals surface area contributed by atoms with Crippen molar-refractivity contribution in [3.63, 3.8) is 0 Å². The molecule has 0 spiro atoms. The molecule has 27 heavy (non-hydrogen) atoms. The summed E-state index contributed by atoms with van der Waals surface area (Å²) in [5, 5.41) is 11.8. The van der Waals surface area contributed by atoms with E-state index in [9.17, 15) is 18.0 Å². The first-order valence-corrected chi connectivity index (χ1v) is 10.4. The standard InChI is InChI=1S/C20H23NO5S/c1-3-4-12-27(25,26)18-10-8-15(9-11-18)19(22)21-17-7-5-6-16(13-17)14(2)20(23)24/h5-11,13-14H,3-4,12H2,1-2H3,(H,21,22)(H,23,24). The average Bonchev–Trinajstić information content (AvgIpc) is 2.66. The summed E-state index contributed by atoms with van der Waals surface area (Å²) in [5.41, 5.74) is 1.38. The normalized spacial score (nSPS) is 12.4. The van der Waals surface area contributed by atoms with E-state index in [4.69, 9.17) is 5.11 Å². The number of carbonyl (C=O) groups is 2. The second-order valence-corrected chi connectivity index (χ2v) is 8.45. The molecular weight excluding hydrogens is 366 g/mol. The van der Waals surface area contributed by atoms with Crippen LogP contribution in [0, 0.1) is 0 Å². The van der Waals surface area contributed by atoms with Gasteiger partial charge in [0, 0.05) is 11.3 Å². The Bertz CT molecular complexity index is 920. The van der Waals surface area contributed by atoms with Gasteiger partial charge in [-0.3, -0.25) is 9.59 Å². The van der Waals surface area contributed by atoms with E-state index in [1.165, 1.54) is 24.3 Å². The number of aliphatic carboxylic acids is 1. The zero-order valence-corrected chi connectivity index (χ0v) is 16.1. The molecule has 2 aromatic carbocycles. The maximum absolute atomic E-state index is 12.4. The Hall–Kier alpha value is -2.67. The minimum atomic E-state index is -3.33. The van der Waals surface area contributed by atoms with Gasteiger partial charge in [0.2, 0.25) is 0 Å². The molecule has 144 valence electrons. The van der Waals surface area contributed by atoms with Gasteiger partial charge in [-0.2, -0.15) is 0 Å². The molecule has 0 aromatic heterocycles. The van der Waals surface area contributed by atoms with Crippen LogP contribution in [0.3, 0.4) is 0 Å². The van der Waals surface area contributed by atoms with Crippen LogP contribution in [-0.4, -0.2) is 31.2 Å². The van der Waals surface area contributed by atoms with Crippen LogP contribution in [0.15, 0.2) is 53.4 Å². The fourth-order valence-electron chi connectivity index (χ4n) is 2.50. The highest BCUT2D eigenvalue weighted by molar-refractivity contribution is 7.91. The molecule has 0 heterocycles. The molecule has 7 heteroatoms. The molecule has 2 rings (SSSR count). The summed E-state index contributed by atoms with van der Waals surface area (Å²) >= 11 is 0. The number of carboxylic acid groups (broad SMARTS) is 1. The van der Waals surface area contributed by atoms with E-state index in [-0.39, 0.29) is 10.6 Å². The Morgan fingerprint density at radius 1 is 1.11 bits per heavy atom. The van der Waals surface area contributed by atoms with Crippen molar-refractivity contribution in [3.05, 3.63) is 59.7 Å². The SMILES string of the molecule is CCCCS(=O)(=O)c1ccc(C(=O)Nc2cccc(C(C)C(=O)O)c2)cc1. The molecule has 1 unspecified atom stereocenters. The number of carbonyl (C=O) groups excluding carboxylic acids is 1. The van der Waals surface area contributed by atoms with Crippen LogP contribution in [0.5, 0.6) is 0 Å². The van der Waals surface area contributed by atoms with Crippen molar-refractivity contribution in [1.29, 1.82) is 0 Å². The van der Waals surface area contributed by atoms with E-state index in [0.29, 0.717) is 23.2 Å². The van der Waals surface area contributed by atoms with E-state index in [2.05, 4.69) is 5.32 Å². The first kappa shape index (κ1) is 20.6. The minimum absolute atomic E-state index is 0.0869. The Morgan fingerprint density at radius 2 is 1.78 bits per heavy atom. The minimum Gasteiger partial charge on any atom is -0.481 e. The zero-order valence-electron chi connectivity index (χ0n) is 15.3. The van der Waals surface area contributed by atoms with Gasteiger partial charge in [-0.15, -0.1) is 0 Å². The Morgan fingerprint density at radius 3 is 2.37 bits per heavy atom. The van der Waals surface area contributed by atoms with Crippen molar-refractivity contribution >= 4 is 27.4 Å². The monoisotopic (exact) mass is 389 g/mol. The fourth-order valence-corrected chi connectivity index (χ4v) is 3.95. The zero-order chi connectivity index (χ0) is 20.0. The first-order valence-electron chi connectivity index (χ1n) is 8.71. The van der Waals surface area contributed by atoms with Gasteiger partial charge in [-0.05, 0) is 55.3 Å². The van der Waals surface area contributed by atoms with Crippen molar-refractivity contribution in [2.24, 2.45) is 0 Å². The third-order valence-corrected chi connectivity index (χ3v) is 6.07. The van der Waals surface area contributed by atoms with E-state index in [1.807, 2.05) is 6.92 Å². The van der Waals surface area contributed by atoms with Crippen molar-refractivity contribution in [1.82, 2.24) is 0 Å². The molecule has 1 amide bonds. The summed E-state index contributed by atoms with van der Waals surface area (Å²) in [6, 6.07) is 12.4.